The van der Waals surface area contributed by atoms with Gasteiger partial charge in [0.2, 0.25) is 9.47 Å². The summed E-state index contributed by atoms with van der Waals surface area (Å²) in [7, 11) is -3.67. The largest absolute Gasteiger partial charge is 0.296 e. The molecule has 0 radical (unpaired) electrons. The van der Waals surface area contributed by atoms with Crippen LogP contribution in [-0.4, -0.2) is 31.1 Å². The van der Waals surface area contributed by atoms with E-state index in [1.807, 2.05) is 6.92 Å². The molecule has 0 atom stereocenters. The van der Waals surface area contributed by atoms with Crippen molar-refractivity contribution in [3.8, 4) is 0 Å². The van der Waals surface area contributed by atoms with Gasteiger partial charge in [0.1, 0.15) is 0 Å². The van der Waals surface area contributed by atoms with Crippen LogP contribution in [0.4, 0.5) is 5.13 Å². The van der Waals surface area contributed by atoms with Crippen LogP contribution in [0.15, 0.2) is 34.7 Å². The zero-order valence-corrected chi connectivity index (χ0v) is 13.6. The second-order valence-corrected chi connectivity index (χ2v) is 7.36. The molecule has 1 amide bonds. The van der Waals surface area contributed by atoms with Crippen LogP contribution in [0.3, 0.4) is 0 Å². The van der Waals surface area contributed by atoms with Gasteiger partial charge in [-0.3, -0.25) is 10.1 Å². The first-order chi connectivity index (χ1) is 10.5. The minimum absolute atomic E-state index is 0.143. The fourth-order valence-electron chi connectivity index (χ4n) is 1.57. The van der Waals surface area contributed by atoms with E-state index in [0.29, 0.717) is 12.1 Å². The molecule has 9 heteroatoms. The van der Waals surface area contributed by atoms with Gasteiger partial charge in [-0.05, 0) is 18.6 Å². The SMILES string of the molecule is CCCCNS(=O)(=O)c1nnc(NC(=O)c2ccccc2)s1. The Bertz CT molecular complexity index is 729. The Morgan fingerprint density at radius 3 is 2.64 bits per heavy atom. The van der Waals surface area contributed by atoms with Crippen molar-refractivity contribution in [1.82, 2.24) is 14.9 Å². The summed E-state index contributed by atoms with van der Waals surface area (Å²) in [5.41, 5.74) is 0.461. The summed E-state index contributed by atoms with van der Waals surface area (Å²) >= 11 is 0.816. The first-order valence-electron chi connectivity index (χ1n) is 6.72. The van der Waals surface area contributed by atoms with E-state index in [0.717, 1.165) is 24.2 Å². The molecular formula is C13H16N4O3S2. The maximum atomic E-state index is 12.0. The molecule has 7 nitrogen and oxygen atoms in total. The highest BCUT2D eigenvalue weighted by Gasteiger charge is 2.20. The number of benzene rings is 1. The van der Waals surface area contributed by atoms with Crippen LogP contribution >= 0.6 is 11.3 Å². The van der Waals surface area contributed by atoms with Crippen LogP contribution in [0.25, 0.3) is 0 Å². The molecule has 0 saturated heterocycles. The van der Waals surface area contributed by atoms with E-state index in [9.17, 15) is 13.2 Å². The van der Waals surface area contributed by atoms with Crippen LogP contribution in [0.5, 0.6) is 0 Å². The number of anilines is 1. The van der Waals surface area contributed by atoms with E-state index in [4.69, 9.17) is 0 Å². The normalized spacial score (nSPS) is 11.3. The molecule has 0 unspecified atom stereocenters. The number of hydrogen-bond donors (Lipinski definition) is 2. The van der Waals surface area contributed by atoms with E-state index in [1.54, 1.807) is 30.3 Å². The average Bonchev–Trinajstić information content (AvgIpc) is 2.98. The summed E-state index contributed by atoms with van der Waals surface area (Å²) in [5, 5.41) is 9.99. The topological polar surface area (TPSA) is 101 Å². The quantitative estimate of drug-likeness (QED) is 0.592. The molecule has 2 N–H and O–H groups in total. The number of aromatic nitrogens is 2. The van der Waals surface area contributed by atoms with Crippen molar-refractivity contribution in [2.75, 3.05) is 11.9 Å². The van der Waals surface area contributed by atoms with Gasteiger partial charge >= 0.3 is 0 Å². The second kappa shape index (κ2) is 7.43. The lowest BCUT2D eigenvalue weighted by atomic mass is 10.2. The van der Waals surface area contributed by atoms with E-state index in [2.05, 4.69) is 20.2 Å². The first-order valence-corrected chi connectivity index (χ1v) is 9.02. The van der Waals surface area contributed by atoms with Gasteiger partial charge in [0, 0.05) is 12.1 Å². The predicted octanol–water partition coefficient (Wildman–Crippen LogP) is 1.87. The Kier molecular flexibility index (Phi) is 5.58. The Labute approximate surface area is 132 Å². The number of hydrogen-bond acceptors (Lipinski definition) is 6. The Hall–Kier alpha value is -1.84. The maximum Gasteiger partial charge on any atom is 0.269 e. The average molecular weight is 340 g/mol. The lowest BCUT2D eigenvalue weighted by molar-refractivity contribution is 0.102. The third-order valence-electron chi connectivity index (χ3n) is 2.72. The fraction of sp³-hybridized carbons (Fsp3) is 0.308. The summed E-state index contributed by atoms with van der Waals surface area (Å²) in [6.07, 6.45) is 1.63. The van der Waals surface area contributed by atoms with Crippen molar-refractivity contribution in [3.05, 3.63) is 35.9 Å². The Morgan fingerprint density at radius 1 is 1.23 bits per heavy atom. The fourth-order valence-corrected chi connectivity index (χ4v) is 3.58. The van der Waals surface area contributed by atoms with Crippen LogP contribution < -0.4 is 10.0 Å². The lowest BCUT2D eigenvalue weighted by Crippen LogP contribution is -2.24. The van der Waals surface area contributed by atoms with Crippen LogP contribution in [-0.2, 0) is 10.0 Å². The summed E-state index contributed by atoms with van der Waals surface area (Å²) in [6.45, 7) is 2.32. The molecule has 1 aromatic heterocycles. The molecule has 0 aliphatic carbocycles. The van der Waals surface area contributed by atoms with Gasteiger partial charge in [0.15, 0.2) is 0 Å². The number of nitrogens with zero attached hydrogens (tertiary/aromatic N) is 2. The zero-order valence-electron chi connectivity index (χ0n) is 11.9. The van der Waals surface area contributed by atoms with Crippen molar-refractivity contribution in [2.24, 2.45) is 0 Å². The van der Waals surface area contributed by atoms with Crippen molar-refractivity contribution < 1.29 is 13.2 Å². The van der Waals surface area contributed by atoms with Gasteiger partial charge in [-0.2, -0.15) is 0 Å². The molecular weight excluding hydrogens is 324 g/mol. The molecule has 1 heterocycles. The number of carbonyl (C=O) groups excluding carboxylic acids is 1. The highest BCUT2D eigenvalue weighted by molar-refractivity contribution is 7.91. The highest BCUT2D eigenvalue weighted by Crippen LogP contribution is 2.20. The number of carbonyl (C=O) groups is 1. The second-order valence-electron chi connectivity index (χ2n) is 4.44. The summed E-state index contributed by atoms with van der Waals surface area (Å²) in [6, 6.07) is 8.58. The molecule has 0 aliphatic rings. The number of sulfonamides is 1. The third kappa shape index (κ3) is 4.33. The predicted molar refractivity (Wildman–Crippen MR) is 84.4 cm³/mol. The molecule has 22 heavy (non-hydrogen) atoms. The molecule has 0 spiro atoms. The first kappa shape index (κ1) is 16.5. The Morgan fingerprint density at radius 2 is 1.95 bits per heavy atom. The van der Waals surface area contributed by atoms with E-state index in [1.165, 1.54) is 0 Å². The van der Waals surface area contributed by atoms with Gasteiger partial charge in [0.25, 0.3) is 15.9 Å². The molecule has 1 aromatic carbocycles. The van der Waals surface area contributed by atoms with Crippen LogP contribution in [0.1, 0.15) is 30.1 Å². The number of amides is 1. The monoisotopic (exact) mass is 340 g/mol. The number of rotatable bonds is 7. The van der Waals surface area contributed by atoms with Gasteiger partial charge in [0.05, 0.1) is 0 Å². The van der Waals surface area contributed by atoms with Gasteiger partial charge in [-0.15, -0.1) is 10.2 Å². The van der Waals surface area contributed by atoms with E-state index in [-0.39, 0.29) is 15.4 Å². The molecule has 2 aromatic rings. The minimum atomic E-state index is -3.67. The van der Waals surface area contributed by atoms with E-state index < -0.39 is 10.0 Å². The molecule has 118 valence electrons. The summed E-state index contributed by atoms with van der Waals surface area (Å²) in [4.78, 5) is 11.9. The van der Waals surface area contributed by atoms with Gasteiger partial charge in [-0.1, -0.05) is 42.9 Å². The lowest BCUT2D eigenvalue weighted by Gasteiger charge is -2.01. The van der Waals surface area contributed by atoms with E-state index >= 15 is 0 Å². The minimum Gasteiger partial charge on any atom is -0.296 e. The molecule has 0 fully saturated rings. The zero-order chi connectivity index (χ0) is 16.0. The maximum absolute atomic E-state index is 12.0. The summed E-state index contributed by atoms with van der Waals surface area (Å²) in [5.74, 6) is -0.361. The highest BCUT2D eigenvalue weighted by atomic mass is 32.2. The summed E-state index contributed by atoms with van der Waals surface area (Å²) < 4.78 is 26.2. The number of unbranched alkanes of at least 4 members (excludes halogenated alkanes) is 1. The molecule has 0 bridgehead atoms. The molecule has 2 rings (SSSR count). The molecule has 0 aliphatic heterocycles. The van der Waals surface area contributed by atoms with Crippen LogP contribution in [0.2, 0.25) is 0 Å². The van der Waals surface area contributed by atoms with Crippen molar-refractivity contribution in [3.63, 3.8) is 0 Å². The van der Waals surface area contributed by atoms with Crippen molar-refractivity contribution >= 4 is 32.4 Å². The number of nitrogens with one attached hydrogen (secondary N) is 2. The van der Waals surface area contributed by atoms with Crippen LogP contribution in [0, 0.1) is 0 Å². The van der Waals surface area contributed by atoms with Gasteiger partial charge < -0.3 is 0 Å². The smallest absolute Gasteiger partial charge is 0.269 e. The Balaban J connectivity index is 2.04. The standard InChI is InChI=1S/C13H16N4O3S2/c1-2-3-9-14-22(19,20)13-17-16-12(21-13)15-11(18)10-7-5-4-6-8-10/h4-8,14H,2-3,9H2,1H3,(H,15,16,18). The third-order valence-corrected chi connectivity index (χ3v) is 5.38. The van der Waals surface area contributed by atoms with Crippen molar-refractivity contribution in [2.45, 2.75) is 24.1 Å². The molecule has 0 saturated carbocycles. The van der Waals surface area contributed by atoms with Crippen molar-refractivity contribution in [1.29, 1.82) is 0 Å². The van der Waals surface area contributed by atoms with Gasteiger partial charge in [-0.25, -0.2) is 13.1 Å².